The van der Waals surface area contributed by atoms with E-state index >= 15 is 0 Å². The quantitative estimate of drug-likeness (QED) is 0.734. The van der Waals surface area contributed by atoms with E-state index in [4.69, 9.17) is 4.74 Å². The van der Waals surface area contributed by atoms with Crippen molar-refractivity contribution in [2.45, 2.75) is 6.42 Å². The van der Waals surface area contributed by atoms with E-state index in [9.17, 15) is 0 Å². The van der Waals surface area contributed by atoms with Crippen LogP contribution in [0.2, 0.25) is 0 Å². The second-order valence-electron chi connectivity index (χ2n) is 3.44. The van der Waals surface area contributed by atoms with E-state index in [1.54, 1.807) is 7.11 Å². The van der Waals surface area contributed by atoms with Crippen LogP contribution in [0.5, 0.6) is 5.75 Å². The van der Waals surface area contributed by atoms with Crippen molar-refractivity contribution in [1.82, 2.24) is 0 Å². The molecule has 0 unspecified atom stereocenters. The number of hydrogen-bond donors (Lipinski definition) is 0. The molecule has 1 nitrogen and oxygen atoms in total. The predicted octanol–water partition coefficient (Wildman–Crippen LogP) is 3.09. The minimum atomic E-state index is 0.912. The summed E-state index contributed by atoms with van der Waals surface area (Å²) < 4.78 is 5.19. The van der Waals surface area contributed by atoms with Gasteiger partial charge in [0.25, 0.3) is 0 Å². The minimum Gasteiger partial charge on any atom is -0.497 e. The first-order valence-electron chi connectivity index (χ1n) is 4.96. The van der Waals surface area contributed by atoms with E-state index < -0.39 is 0 Å². The second-order valence-corrected chi connectivity index (χ2v) is 3.44. The lowest BCUT2D eigenvalue weighted by molar-refractivity contribution is 0.414. The normalized spacial score (nSPS) is 9.93. The van der Waals surface area contributed by atoms with E-state index in [0.29, 0.717) is 0 Å². The van der Waals surface area contributed by atoms with Crippen LogP contribution < -0.4 is 4.74 Å². The molecule has 0 aliphatic heterocycles. The number of benzene rings is 2. The molecule has 0 aliphatic rings. The molecule has 75 valence electrons. The van der Waals surface area contributed by atoms with Gasteiger partial charge in [-0.25, -0.2) is 0 Å². The first kappa shape index (κ1) is 9.78. The maximum atomic E-state index is 5.19. The maximum absolute atomic E-state index is 5.19. The average Bonchev–Trinajstić information content (AvgIpc) is 2.31. The molecule has 0 spiro atoms. The van der Waals surface area contributed by atoms with E-state index in [-0.39, 0.29) is 0 Å². The molecule has 0 atom stereocenters. The minimum absolute atomic E-state index is 0.912. The molecule has 0 bridgehead atoms. The Morgan fingerprint density at radius 3 is 2.60 bits per heavy atom. The molecular weight excluding hydrogens is 184 g/mol. The highest BCUT2D eigenvalue weighted by Crippen LogP contribution is 2.15. The molecule has 0 aromatic heterocycles. The van der Waals surface area contributed by atoms with Gasteiger partial charge >= 0.3 is 0 Å². The summed E-state index contributed by atoms with van der Waals surface area (Å²) in [4.78, 5) is 0. The van der Waals surface area contributed by atoms with Gasteiger partial charge in [-0.1, -0.05) is 36.4 Å². The van der Waals surface area contributed by atoms with Crippen molar-refractivity contribution in [2.24, 2.45) is 0 Å². The van der Waals surface area contributed by atoms with Crippen LogP contribution in [0.1, 0.15) is 11.1 Å². The predicted molar refractivity (Wildman–Crippen MR) is 61.1 cm³/mol. The summed E-state index contributed by atoms with van der Waals surface area (Å²) in [6.07, 6.45) is 0.936. The average molecular weight is 197 g/mol. The third-order valence-electron chi connectivity index (χ3n) is 2.33. The van der Waals surface area contributed by atoms with Crippen LogP contribution in [0.25, 0.3) is 0 Å². The SMILES string of the molecule is COc1cccc(Cc2cc[c]cc2)c1. The standard InChI is InChI=1S/C14H13O/c1-15-14-9-5-8-13(11-14)10-12-6-3-2-4-7-12/h3-9,11H,10H2,1H3. The van der Waals surface area contributed by atoms with Gasteiger partial charge in [-0.2, -0.15) is 0 Å². The summed E-state index contributed by atoms with van der Waals surface area (Å²) >= 11 is 0. The molecule has 0 N–H and O–H groups in total. The van der Waals surface area contributed by atoms with Gasteiger partial charge in [0.15, 0.2) is 0 Å². The Bertz CT molecular complexity index is 420. The molecular formula is C14H13O. The lowest BCUT2D eigenvalue weighted by atomic mass is 10.1. The van der Waals surface area contributed by atoms with Crippen LogP contribution >= 0.6 is 0 Å². The summed E-state index contributed by atoms with van der Waals surface area (Å²) in [5.74, 6) is 0.912. The van der Waals surface area contributed by atoms with Crippen molar-refractivity contribution in [3.05, 3.63) is 65.7 Å². The molecule has 2 rings (SSSR count). The van der Waals surface area contributed by atoms with Gasteiger partial charge in [-0.15, -0.1) is 0 Å². The summed E-state index contributed by atoms with van der Waals surface area (Å²) in [6, 6.07) is 19.2. The van der Waals surface area contributed by atoms with Gasteiger partial charge in [0.2, 0.25) is 0 Å². The van der Waals surface area contributed by atoms with Gasteiger partial charge in [0.05, 0.1) is 7.11 Å². The topological polar surface area (TPSA) is 9.23 Å². The smallest absolute Gasteiger partial charge is 0.119 e. The molecule has 1 radical (unpaired) electrons. The zero-order valence-electron chi connectivity index (χ0n) is 8.73. The zero-order chi connectivity index (χ0) is 10.5. The van der Waals surface area contributed by atoms with Crippen molar-refractivity contribution < 1.29 is 4.74 Å². The van der Waals surface area contributed by atoms with Crippen LogP contribution in [0.4, 0.5) is 0 Å². The van der Waals surface area contributed by atoms with Crippen LogP contribution in [0.15, 0.2) is 48.5 Å². The largest absolute Gasteiger partial charge is 0.497 e. The van der Waals surface area contributed by atoms with Gasteiger partial charge < -0.3 is 4.74 Å². The maximum Gasteiger partial charge on any atom is 0.119 e. The first-order chi connectivity index (χ1) is 7.38. The second kappa shape index (κ2) is 4.65. The molecule has 2 aromatic rings. The van der Waals surface area contributed by atoms with Crippen LogP contribution in [0, 0.1) is 6.07 Å². The Hall–Kier alpha value is -1.76. The Kier molecular flexibility index (Phi) is 3.03. The number of methoxy groups -OCH3 is 1. The third kappa shape index (κ3) is 2.59. The van der Waals surface area contributed by atoms with Crippen LogP contribution in [-0.4, -0.2) is 7.11 Å². The highest BCUT2D eigenvalue weighted by molar-refractivity contribution is 5.32. The fourth-order valence-electron chi connectivity index (χ4n) is 1.56. The number of rotatable bonds is 3. The van der Waals surface area contributed by atoms with Gasteiger partial charge in [-0.3, -0.25) is 0 Å². The van der Waals surface area contributed by atoms with E-state index in [1.807, 2.05) is 24.3 Å². The van der Waals surface area contributed by atoms with E-state index in [0.717, 1.165) is 12.2 Å². The Labute approximate surface area is 90.3 Å². The molecule has 0 heterocycles. The summed E-state index contributed by atoms with van der Waals surface area (Å²) in [5.41, 5.74) is 2.56. The molecule has 1 heteroatoms. The Balaban J connectivity index is 2.17. The summed E-state index contributed by atoms with van der Waals surface area (Å²) in [7, 11) is 1.69. The van der Waals surface area contributed by atoms with Gasteiger partial charge in [0.1, 0.15) is 5.75 Å². The third-order valence-corrected chi connectivity index (χ3v) is 2.33. The molecule has 2 aromatic carbocycles. The summed E-state index contributed by atoms with van der Waals surface area (Å²) in [6.45, 7) is 0. The van der Waals surface area contributed by atoms with E-state index in [2.05, 4.69) is 30.3 Å². The van der Waals surface area contributed by atoms with Crippen molar-refractivity contribution in [1.29, 1.82) is 0 Å². The number of hydrogen-bond acceptors (Lipinski definition) is 1. The fraction of sp³-hybridized carbons (Fsp3) is 0.143. The van der Waals surface area contributed by atoms with Crippen molar-refractivity contribution in [2.75, 3.05) is 7.11 Å². The molecule has 0 amide bonds. The van der Waals surface area contributed by atoms with E-state index in [1.165, 1.54) is 11.1 Å². The Morgan fingerprint density at radius 2 is 1.87 bits per heavy atom. The Morgan fingerprint density at radius 1 is 1.07 bits per heavy atom. The van der Waals surface area contributed by atoms with Crippen LogP contribution in [0.3, 0.4) is 0 Å². The lowest BCUT2D eigenvalue weighted by Gasteiger charge is -2.04. The number of ether oxygens (including phenoxy) is 1. The van der Waals surface area contributed by atoms with Crippen LogP contribution in [-0.2, 0) is 6.42 Å². The molecule has 0 saturated carbocycles. The molecule has 0 fully saturated rings. The molecule has 15 heavy (non-hydrogen) atoms. The van der Waals surface area contributed by atoms with Crippen molar-refractivity contribution in [3.63, 3.8) is 0 Å². The zero-order valence-corrected chi connectivity index (χ0v) is 8.73. The lowest BCUT2D eigenvalue weighted by Crippen LogP contribution is -1.89. The van der Waals surface area contributed by atoms with Crippen molar-refractivity contribution in [3.8, 4) is 5.75 Å². The monoisotopic (exact) mass is 197 g/mol. The van der Waals surface area contributed by atoms with Gasteiger partial charge in [-0.05, 0) is 35.7 Å². The van der Waals surface area contributed by atoms with Crippen molar-refractivity contribution >= 4 is 0 Å². The molecule has 0 saturated heterocycles. The first-order valence-corrected chi connectivity index (χ1v) is 4.96. The highest BCUT2D eigenvalue weighted by atomic mass is 16.5. The highest BCUT2D eigenvalue weighted by Gasteiger charge is 1.97. The summed E-state index contributed by atoms with van der Waals surface area (Å²) in [5, 5.41) is 0. The molecule has 0 aliphatic carbocycles. The fourth-order valence-corrected chi connectivity index (χ4v) is 1.56. The van der Waals surface area contributed by atoms with Gasteiger partial charge in [0, 0.05) is 0 Å².